The maximum atomic E-state index is 12.4. The van der Waals surface area contributed by atoms with Crippen LogP contribution in [0.25, 0.3) is 0 Å². The fraction of sp³-hybridized carbons (Fsp3) is 0.641. The highest BCUT2D eigenvalue weighted by molar-refractivity contribution is 7.47. The van der Waals surface area contributed by atoms with E-state index in [2.05, 4.69) is 79.1 Å². The van der Waals surface area contributed by atoms with E-state index in [1.54, 1.807) is 0 Å². The van der Waals surface area contributed by atoms with Crippen molar-refractivity contribution >= 4 is 19.8 Å². The number of rotatable bonds is 33. The second-order valence-electron chi connectivity index (χ2n) is 11.9. The number of hydrogen-bond acceptors (Lipinski definition) is 9. The van der Waals surface area contributed by atoms with E-state index < -0.39 is 51.8 Å². The minimum absolute atomic E-state index is 0.114. The fourth-order valence-electron chi connectivity index (χ4n) is 4.31. The van der Waals surface area contributed by atoms with Gasteiger partial charge in [0.05, 0.1) is 19.8 Å². The summed E-state index contributed by atoms with van der Waals surface area (Å²) in [4.78, 5) is 34.6. The first-order chi connectivity index (χ1) is 24.2. The molecule has 0 rings (SSSR count). The number of phosphoric ester groups is 1. The second kappa shape index (κ2) is 34.8. The van der Waals surface area contributed by atoms with Crippen LogP contribution in [0.5, 0.6) is 0 Å². The zero-order chi connectivity index (χ0) is 37.0. The molecule has 50 heavy (non-hydrogen) atoms. The van der Waals surface area contributed by atoms with E-state index in [9.17, 15) is 24.2 Å². The Hall–Kier alpha value is -2.59. The Morgan fingerprint density at radius 1 is 0.620 bits per heavy atom. The number of ether oxygens (including phenoxy) is 2. The maximum absolute atomic E-state index is 12.4. The van der Waals surface area contributed by atoms with Crippen molar-refractivity contribution in [1.29, 1.82) is 0 Å². The third-order valence-corrected chi connectivity index (χ3v) is 8.09. The molecule has 0 aliphatic heterocycles. The lowest BCUT2D eigenvalue weighted by Crippen LogP contribution is -2.29. The van der Waals surface area contributed by atoms with Crippen LogP contribution in [0.2, 0.25) is 0 Å². The molecule has 0 aliphatic rings. The number of phosphoric acid groups is 1. The van der Waals surface area contributed by atoms with Gasteiger partial charge < -0.3 is 24.6 Å². The largest absolute Gasteiger partial charge is 0.472 e. The van der Waals surface area contributed by atoms with Crippen LogP contribution in [-0.2, 0) is 32.7 Å². The van der Waals surface area contributed by atoms with Gasteiger partial charge in [-0.05, 0) is 51.4 Å². The number of aliphatic hydroxyl groups is 2. The highest BCUT2D eigenvalue weighted by Crippen LogP contribution is 2.43. The molecular weight excluding hydrogens is 659 g/mol. The minimum atomic E-state index is -4.62. The third-order valence-electron chi connectivity index (χ3n) is 7.14. The molecule has 0 aromatic carbocycles. The molecule has 286 valence electrons. The van der Waals surface area contributed by atoms with E-state index in [1.165, 1.54) is 25.7 Å². The van der Waals surface area contributed by atoms with Crippen LogP contribution in [0.4, 0.5) is 0 Å². The summed E-state index contributed by atoms with van der Waals surface area (Å²) < 4.78 is 32.4. The van der Waals surface area contributed by atoms with Crippen LogP contribution in [0.1, 0.15) is 123 Å². The number of aliphatic hydroxyl groups excluding tert-OH is 2. The van der Waals surface area contributed by atoms with Gasteiger partial charge in [-0.3, -0.25) is 18.6 Å². The number of hydrogen-bond donors (Lipinski definition) is 3. The Bertz CT molecular complexity index is 1060. The molecular formula is C39H65O10P. The standard InChI is InChI=1S/C39H65O10P/c1-3-5-7-9-11-13-14-15-16-17-18-19-20-21-22-23-25-26-28-30-38(42)46-34-37(35-48-50(44,45)47-33-36(41)32-40)49-39(43)31-29-27-24-12-10-8-6-4-2/h5,7,11,13,15-16,18-19,21-22,25-26,36-37,40-41H,3-4,6,8-10,12,14,17,20,23-24,27-35H2,1-2H3,(H,44,45)/b7-5+,13-11+,16-15+,19-18+,22-21+,26-25+/t36-,37+/m1/s1. The smallest absolute Gasteiger partial charge is 0.462 e. The number of unbranched alkanes of at least 4 members (excludes halogenated alkanes) is 7. The van der Waals surface area contributed by atoms with Crippen molar-refractivity contribution in [1.82, 2.24) is 0 Å². The van der Waals surface area contributed by atoms with Crippen molar-refractivity contribution in [2.45, 2.75) is 135 Å². The molecule has 0 amide bonds. The van der Waals surface area contributed by atoms with Crippen molar-refractivity contribution in [3.05, 3.63) is 72.9 Å². The molecule has 0 aromatic heterocycles. The van der Waals surface area contributed by atoms with Crippen molar-refractivity contribution in [2.24, 2.45) is 0 Å². The van der Waals surface area contributed by atoms with E-state index in [-0.39, 0.29) is 19.4 Å². The van der Waals surface area contributed by atoms with E-state index >= 15 is 0 Å². The average Bonchev–Trinajstić information content (AvgIpc) is 3.10. The lowest BCUT2D eigenvalue weighted by atomic mass is 10.1. The fourth-order valence-corrected chi connectivity index (χ4v) is 5.10. The van der Waals surface area contributed by atoms with E-state index in [0.29, 0.717) is 12.8 Å². The molecule has 3 N–H and O–H groups in total. The van der Waals surface area contributed by atoms with Crippen molar-refractivity contribution in [2.75, 3.05) is 26.4 Å². The molecule has 11 heteroatoms. The van der Waals surface area contributed by atoms with Crippen molar-refractivity contribution < 1.29 is 47.8 Å². The van der Waals surface area contributed by atoms with Crippen LogP contribution < -0.4 is 0 Å². The quantitative estimate of drug-likeness (QED) is 0.0259. The molecule has 3 atom stereocenters. The van der Waals surface area contributed by atoms with E-state index in [1.807, 2.05) is 12.2 Å². The summed E-state index contributed by atoms with van der Waals surface area (Å²) in [5.74, 6) is -1.04. The van der Waals surface area contributed by atoms with Crippen molar-refractivity contribution in [3.8, 4) is 0 Å². The molecule has 0 heterocycles. The number of carbonyl (C=O) groups excluding carboxylic acids is 2. The third kappa shape index (κ3) is 33.9. The summed E-state index contributed by atoms with van der Waals surface area (Å²) >= 11 is 0. The Balaban J connectivity index is 4.46. The Labute approximate surface area is 301 Å². The Morgan fingerprint density at radius 2 is 1.10 bits per heavy atom. The minimum Gasteiger partial charge on any atom is -0.462 e. The first-order valence-electron chi connectivity index (χ1n) is 18.4. The maximum Gasteiger partial charge on any atom is 0.472 e. The van der Waals surface area contributed by atoms with Gasteiger partial charge in [-0.1, -0.05) is 132 Å². The summed E-state index contributed by atoms with van der Waals surface area (Å²) in [7, 11) is -4.62. The van der Waals surface area contributed by atoms with Gasteiger partial charge in [-0.15, -0.1) is 0 Å². The zero-order valence-electron chi connectivity index (χ0n) is 30.6. The summed E-state index contributed by atoms with van der Waals surface area (Å²) in [6.07, 6.45) is 37.6. The van der Waals surface area contributed by atoms with Gasteiger partial charge in [0.25, 0.3) is 0 Å². The van der Waals surface area contributed by atoms with Crippen LogP contribution >= 0.6 is 7.82 Å². The summed E-state index contributed by atoms with van der Waals surface area (Å²) in [6, 6.07) is 0. The van der Waals surface area contributed by atoms with Gasteiger partial charge in [0.15, 0.2) is 6.10 Å². The van der Waals surface area contributed by atoms with Crippen LogP contribution in [-0.4, -0.2) is 65.7 Å². The predicted molar refractivity (Wildman–Crippen MR) is 200 cm³/mol. The normalized spacial score (nSPS) is 14.9. The van der Waals surface area contributed by atoms with Gasteiger partial charge >= 0.3 is 19.8 Å². The molecule has 0 saturated carbocycles. The highest BCUT2D eigenvalue weighted by Gasteiger charge is 2.27. The van der Waals surface area contributed by atoms with Gasteiger partial charge in [-0.2, -0.15) is 0 Å². The molecule has 0 fully saturated rings. The second-order valence-corrected chi connectivity index (χ2v) is 13.3. The van der Waals surface area contributed by atoms with Crippen molar-refractivity contribution in [3.63, 3.8) is 0 Å². The molecule has 10 nitrogen and oxygen atoms in total. The van der Waals surface area contributed by atoms with E-state index in [4.69, 9.17) is 19.1 Å². The van der Waals surface area contributed by atoms with Crippen LogP contribution in [0.3, 0.4) is 0 Å². The molecule has 1 unspecified atom stereocenters. The number of esters is 2. The zero-order valence-corrected chi connectivity index (χ0v) is 31.5. The topological polar surface area (TPSA) is 149 Å². The molecule has 0 spiro atoms. The van der Waals surface area contributed by atoms with Gasteiger partial charge in [-0.25, -0.2) is 4.57 Å². The molecule has 0 bridgehead atoms. The molecule has 0 radical (unpaired) electrons. The first-order valence-corrected chi connectivity index (χ1v) is 19.9. The van der Waals surface area contributed by atoms with Gasteiger partial charge in [0.1, 0.15) is 12.7 Å². The summed E-state index contributed by atoms with van der Waals surface area (Å²) in [5.41, 5.74) is 0. The summed E-state index contributed by atoms with van der Waals surface area (Å²) in [6.45, 7) is 2.10. The highest BCUT2D eigenvalue weighted by atomic mass is 31.2. The first kappa shape index (κ1) is 47.4. The Kier molecular flexibility index (Phi) is 33.0. The SMILES string of the molecule is CC/C=C/C/C=C/C/C=C/C/C=C/C/C=C/C/C=C/CCC(=O)OC[C@@H](COP(=O)(O)OC[C@H](O)CO)OC(=O)CCCCCCCCCC. The van der Waals surface area contributed by atoms with Gasteiger partial charge in [0, 0.05) is 12.8 Å². The molecule has 0 saturated heterocycles. The lowest BCUT2D eigenvalue weighted by Gasteiger charge is -2.20. The molecule has 0 aromatic rings. The Morgan fingerprint density at radius 3 is 1.62 bits per heavy atom. The monoisotopic (exact) mass is 724 g/mol. The molecule has 0 aliphatic carbocycles. The van der Waals surface area contributed by atoms with Gasteiger partial charge in [0.2, 0.25) is 0 Å². The predicted octanol–water partition coefficient (Wildman–Crippen LogP) is 8.94. The van der Waals surface area contributed by atoms with E-state index in [0.717, 1.165) is 57.8 Å². The van der Waals surface area contributed by atoms with Crippen LogP contribution in [0, 0.1) is 0 Å². The average molecular weight is 725 g/mol. The lowest BCUT2D eigenvalue weighted by molar-refractivity contribution is -0.161. The van der Waals surface area contributed by atoms with Crippen LogP contribution in [0.15, 0.2) is 72.9 Å². The number of allylic oxidation sites excluding steroid dienone is 12. The summed E-state index contributed by atoms with van der Waals surface area (Å²) in [5, 5.41) is 18.2. The number of carbonyl (C=O) groups is 2.